The van der Waals surface area contributed by atoms with Crippen LogP contribution in [-0.4, -0.2) is 12.6 Å². The molecule has 0 aliphatic carbocycles. The minimum absolute atomic E-state index is 0.294. The highest BCUT2D eigenvalue weighted by Gasteiger charge is 1.81. The fourth-order valence-corrected chi connectivity index (χ4v) is 0.285. The van der Waals surface area contributed by atoms with E-state index in [9.17, 15) is 9.59 Å². The Morgan fingerprint density at radius 3 is 2.33 bits per heavy atom. The Hall–Kier alpha value is -1.38. The van der Waals surface area contributed by atoms with Gasteiger partial charge < -0.3 is 5.73 Å². The van der Waals surface area contributed by atoms with Crippen molar-refractivity contribution in [1.82, 2.24) is 0 Å². The molecule has 0 aromatic heterocycles. The lowest BCUT2D eigenvalue weighted by Gasteiger charge is -1.80. The molecule has 0 aliphatic rings. The molecule has 0 spiro atoms. The average molecular weight is 125 g/mol. The summed E-state index contributed by atoms with van der Waals surface area (Å²) in [6.45, 7) is 0. The van der Waals surface area contributed by atoms with Crippen molar-refractivity contribution in [3.05, 3.63) is 23.9 Å². The molecule has 0 aliphatic heterocycles. The van der Waals surface area contributed by atoms with Crippen LogP contribution in [0, 0.1) is 0 Å². The second kappa shape index (κ2) is 4.77. The molecule has 0 saturated heterocycles. The zero-order chi connectivity index (χ0) is 7.11. The van der Waals surface area contributed by atoms with E-state index < -0.39 is 0 Å². The van der Waals surface area contributed by atoms with Crippen LogP contribution in [0.4, 0.5) is 0 Å². The predicted molar refractivity (Wildman–Crippen MR) is 33.5 cm³/mol. The Morgan fingerprint density at radius 1 is 1.33 bits per heavy atom. The van der Waals surface area contributed by atoms with Gasteiger partial charge in [0, 0.05) is 11.8 Å². The molecule has 48 valence electrons. The summed E-state index contributed by atoms with van der Waals surface area (Å²) in [5.74, 6) is 0. The van der Waals surface area contributed by atoms with Gasteiger partial charge in [-0.05, 0) is 12.2 Å². The highest BCUT2D eigenvalue weighted by molar-refractivity contribution is 5.79. The van der Waals surface area contributed by atoms with Crippen molar-refractivity contribution in [2.24, 2.45) is 5.73 Å². The molecule has 0 radical (unpaired) electrons. The standard InChI is InChI=1S/C6H7NO2/c7-4-6(5-9)2-1-3-8/h1-5H,7H2/b2-1-,6-4+. The Morgan fingerprint density at radius 2 is 2.00 bits per heavy atom. The van der Waals surface area contributed by atoms with Gasteiger partial charge in [0.2, 0.25) is 0 Å². The van der Waals surface area contributed by atoms with Crippen LogP contribution in [0.5, 0.6) is 0 Å². The first-order valence-electron chi connectivity index (χ1n) is 2.34. The number of rotatable bonds is 3. The predicted octanol–water partition coefficient (Wildman–Crippen LogP) is -0.217. The van der Waals surface area contributed by atoms with Gasteiger partial charge >= 0.3 is 0 Å². The van der Waals surface area contributed by atoms with Crippen LogP contribution >= 0.6 is 0 Å². The van der Waals surface area contributed by atoms with Gasteiger partial charge in [-0.3, -0.25) is 9.59 Å². The quantitative estimate of drug-likeness (QED) is 0.322. The van der Waals surface area contributed by atoms with Gasteiger partial charge in [-0.25, -0.2) is 0 Å². The number of carbonyl (C=O) groups is 2. The third-order valence-electron chi connectivity index (χ3n) is 0.696. The average Bonchev–Trinajstić information content (AvgIpc) is 1.91. The van der Waals surface area contributed by atoms with Crippen molar-refractivity contribution >= 4 is 12.6 Å². The van der Waals surface area contributed by atoms with Crippen molar-refractivity contribution in [1.29, 1.82) is 0 Å². The Kier molecular flexibility index (Phi) is 4.04. The Bertz CT molecular complexity index is 158. The molecule has 9 heavy (non-hydrogen) atoms. The minimum Gasteiger partial charge on any atom is -0.404 e. The normalized spacial score (nSPS) is 11.8. The summed E-state index contributed by atoms with van der Waals surface area (Å²) >= 11 is 0. The highest BCUT2D eigenvalue weighted by Crippen LogP contribution is 1.85. The van der Waals surface area contributed by atoms with Crippen molar-refractivity contribution < 1.29 is 9.59 Å². The van der Waals surface area contributed by atoms with Gasteiger partial charge in [0.1, 0.15) is 6.29 Å². The van der Waals surface area contributed by atoms with E-state index in [1.54, 1.807) is 0 Å². The monoisotopic (exact) mass is 125 g/mol. The van der Waals surface area contributed by atoms with Gasteiger partial charge in [-0.2, -0.15) is 0 Å². The molecule has 0 bridgehead atoms. The maximum absolute atomic E-state index is 9.93. The molecule has 3 nitrogen and oxygen atoms in total. The van der Waals surface area contributed by atoms with Crippen molar-refractivity contribution in [2.75, 3.05) is 0 Å². The largest absolute Gasteiger partial charge is 0.404 e. The summed E-state index contributed by atoms with van der Waals surface area (Å²) in [6, 6.07) is 0. The van der Waals surface area contributed by atoms with E-state index in [4.69, 9.17) is 5.73 Å². The number of hydrogen-bond donors (Lipinski definition) is 1. The fraction of sp³-hybridized carbons (Fsp3) is 0. The first-order chi connectivity index (χ1) is 4.35. The van der Waals surface area contributed by atoms with E-state index in [1.807, 2.05) is 0 Å². The van der Waals surface area contributed by atoms with Crippen molar-refractivity contribution in [2.45, 2.75) is 0 Å². The van der Waals surface area contributed by atoms with Crippen LogP contribution < -0.4 is 5.73 Å². The van der Waals surface area contributed by atoms with Gasteiger partial charge in [-0.1, -0.05) is 0 Å². The molecule has 0 rings (SSSR count). The second-order valence-corrected chi connectivity index (χ2v) is 1.28. The lowest BCUT2D eigenvalue weighted by atomic mass is 10.3. The molecule has 0 atom stereocenters. The Balaban J connectivity index is 3.99. The molecule has 0 saturated carbocycles. The summed E-state index contributed by atoms with van der Waals surface area (Å²) in [5.41, 5.74) is 5.26. The molecule has 2 N–H and O–H groups in total. The summed E-state index contributed by atoms with van der Waals surface area (Å²) in [5, 5.41) is 0. The van der Waals surface area contributed by atoms with Crippen LogP contribution in [0.2, 0.25) is 0 Å². The van der Waals surface area contributed by atoms with E-state index in [-0.39, 0.29) is 0 Å². The van der Waals surface area contributed by atoms with E-state index >= 15 is 0 Å². The van der Waals surface area contributed by atoms with Crippen LogP contribution in [0.1, 0.15) is 0 Å². The molecule has 0 heterocycles. The maximum Gasteiger partial charge on any atom is 0.151 e. The first kappa shape index (κ1) is 7.62. The lowest BCUT2D eigenvalue weighted by molar-refractivity contribution is -0.104. The first-order valence-corrected chi connectivity index (χ1v) is 2.34. The third kappa shape index (κ3) is 3.22. The number of nitrogens with two attached hydrogens (primary N) is 1. The number of hydrogen-bond acceptors (Lipinski definition) is 3. The summed E-state index contributed by atoms with van der Waals surface area (Å²) in [7, 11) is 0. The van der Waals surface area contributed by atoms with Gasteiger partial charge in [0.15, 0.2) is 6.29 Å². The van der Waals surface area contributed by atoms with Crippen molar-refractivity contribution in [3.8, 4) is 0 Å². The molecule has 0 amide bonds. The molecule has 3 heteroatoms. The molecule has 0 aromatic carbocycles. The van der Waals surface area contributed by atoms with Crippen LogP contribution in [0.3, 0.4) is 0 Å². The van der Waals surface area contributed by atoms with Gasteiger partial charge in [0.25, 0.3) is 0 Å². The van der Waals surface area contributed by atoms with Gasteiger partial charge in [0.05, 0.1) is 0 Å². The molecule has 0 aromatic rings. The van der Waals surface area contributed by atoms with E-state index in [2.05, 4.69) is 0 Å². The summed E-state index contributed by atoms with van der Waals surface area (Å²) in [6.07, 6.45) is 4.81. The third-order valence-corrected chi connectivity index (χ3v) is 0.696. The summed E-state index contributed by atoms with van der Waals surface area (Å²) in [4.78, 5) is 19.6. The smallest absolute Gasteiger partial charge is 0.151 e. The molecule has 0 unspecified atom stereocenters. The number of allylic oxidation sites excluding steroid dienone is 3. The maximum atomic E-state index is 9.93. The van der Waals surface area contributed by atoms with E-state index in [0.717, 1.165) is 6.20 Å². The molecule has 0 fully saturated rings. The zero-order valence-electron chi connectivity index (χ0n) is 4.78. The van der Waals surface area contributed by atoms with Crippen LogP contribution in [0.15, 0.2) is 23.9 Å². The van der Waals surface area contributed by atoms with Gasteiger partial charge in [-0.15, -0.1) is 0 Å². The topological polar surface area (TPSA) is 60.2 Å². The lowest BCUT2D eigenvalue weighted by Crippen LogP contribution is -1.86. The number of aldehydes is 2. The number of carbonyl (C=O) groups excluding carboxylic acids is 2. The SMILES string of the molecule is N/C=C(C=O)\C=C/C=O. The highest BCUT2D eigenvalue weighted by atomic mass is 16.1. The summed E-state index contributed by atoms with van der Waals surface area (Å²) < 4.78 is 0. The second-order valence-electron chi connectivity index (χ2n) is 1.28. The molecular weight excluding hydrogens is 118 g/mol. The van der Waals surface area contributed by atoms with Crippen LogP contribution in [-0.2, 0) is 9.59 Å². The fourth-order valence-electron chi connectivity index (χ4n) is 0.285. The van der Waals surface area contributed by atoms with E-state index in [1.165, 1.54) is 12.2 Å². The minimum atomic E-state index is 0.294. The Labute approximate surface area is 52.8 Å². The van der Waals surface area contributed by atoms with Crippen molar-refractivity contribution in [3.63, 3.8) is 0 Å². The zero-order valence-corrected chi connectivity index (χ0v) is 4.78. The molecular formula is C6H7NO2. The van der Waals surface area contributed by atoms with E-state index in [0.29, 0.717) is 18.1 Å². The van der Waals surface area contributed by atoms with Crippen LogP contribution in [0.25, 0.3) is 0 Å².